The van der Waals surface area contributed by atoms with Crippen LogP contribution in [0.2, 0.25) is 0 Å². The van der Waals surface area contributed by atoms with Gasteiger partial charge in [-0.25, -0.2) is 14.8 Å². The van der Waals surface area contributed by atoms with Crippen molar-refractivity contribution in [3.63, 3.8) is 0 Å². The van der Waals surface area contributed by atoms with Gasteiger partial charge in [0, 0.05) is 6.42 Å². The number of carbonyl (C=O) groups is 1. The Bertz CT molecular complexity index is 574. The average Bonchev–Trinajstić information content (AvgIpc) is 3.04. The smallest absolute Gasteiger partial charge is 0.360 e. The zero-order valence-electron chi connectivity index (χ0n) is 11.0. The summed E-state index contributed by atoms with van der Waals surface area (Å²) in [5.41, 5.74) is 6.13. The topological polar surface area (TPSA) is 112 Å². The molecular weight excluding hydrogens is 248 g/mol. The number of nitrogens with one attached hydrogen (secondary N) is 1. The number of methoxy groups -OCH3 is 1. The van der Waals surface area contributed by atoms with E-state index in [9.17, 15) is 4.79 Å². The van der Waals surface area contributed by atoms with Crippen molar-refractivity contribution in [1.29, 1.82) is 0 Å². The van der Waals surface area contributed by atoms with Crippen LogP contribution in [0.4, 0.5) is 5.82 Å². The summed E-state index contributed by atoms with van der Waals surface area (Å²) in [6, 6.07) is -0.191. The molecule has 0 amide bonds. The van der Waals surface area contributed by atoms with Crippen LogP contribution in [-0.2, 0) is 11.2 Å². The lowest BCUT2D eigenvalue weighted by atomic mass is 10.3. The molecule has 0 aromatic carbocycles. The third-order valence-corrected chi connectivity index (χ3v) is 2.93. The molecule has 2 aromatic rings. The lowest BCUT2D eigenvalue weighted by molar-refractivity contribution is 0.0595. The minimum Gasteiger partial charge on any atom is -0.464 e. The molecular formula is C11H16N6O2. The number of H-pyrrole nitrogens is 1. The summed E-state index contributed by atoms with van der Waals surface area (Å²) in [5, 5.41) is 6.59. The summed E-state index contributed by atoms with van der Waals surface area (Å²) in [4.78, 5) is 19.9. The molecule has 3 N–H and O–H groups in total. The van der Waals surface area contributed by atoms with Crippen molar-refractivity contribution in [1.82, 2.24) is 24.7 Å². The Morgan fingerprint density at radius 3 is 2.89 bits per heavy atom. The van der Waals surface area contributed by atoms with Crippen LogP contribution in [0.3, 0.4) is 0 Å². The quantitative estimate of drug-likeness (QED) is 0.779. The number of nitrogen functional groups attached to an aromatic ring is 1. The highest BCUT2D eigenvalue weighted by Crippen LogP contribution is 2.24. The number of aromatic amines is 1. The van der Waals surface area contributed by atoms with Gasteiger partial charge in [-0.3, -0.25) is 5.10 Å². The van der Waals surface area contributed by atoms with Gasteiger partial charge >= 0.3 is 5.97 Å². The standard InChI is InChI=1S/C11H16N6O2/c1-4-7-15-8(11(18)19-3)9(12)17(7)6(2)10-13-5-14-16-10/h5-6H,4,12H2,1-3H3,(H,13,14,16). The first-order chi connectivity index (χ1) is 9.10. The predicted molar refractivity (Wildman–Crippen MR) is 67.6 cm³/mol. The SMILES string of the molecule is CCc1nc(C(=O)OC)c(N)n1C(C)c1ncn[nH]1. The molecule has 8 nitrogen and oxygen atoms in total. The molecule has 1 atom stereocenters. The minimum atomic E-state index is -0.546. The molecule has 0 saturated carbocycles. The van der Waals surface area contributed by atoms with Crippen LogP contribution in [0.15, 0.2) is 6.33 Å². The summed E-state index contributed by atoms with van der Waals surface area (Å²) in [6.07, 6.45) is 2.06. The van der Waals surface area contributed by atoms with Crippen molar-refractivity contribution < 1.29 is 9.53 Å². The number of imidazole rings is 1. The summed E-state index contributed by atoms with van der Waals surface area (Å²) in [5.74, 6) is 1.07. The number of carbonyl (C=O) groups excluding carboxylic acids is 1. The highest BCUT2D eigenvalue weighted by Gasteiger charge is 2.24. The molecule has 0 aliphatic carbocycles. The Balaban J connectivity index is 2.50. The molecule has 102 valence electrons. The monoisotopic (exact) mass is 264 g/mol. The normalized spacial score (nSPS) is 12.4. The van der Waals surface area contributed by atoms with Crippen LogP contribution in [0.25, 0.3) is 0 Å². The van der Waals surface area contributed by atoms with Crippen LogP contribution in [0.5, 0.6) is 0 Å². The Labute approximate surface area is 110 Å². The number of nitrogens with two attached hydrogens (primary N) is 1. The van der Waals surface area contributed by atoms with E-state index in [-0.39, 0.29) is 17.6 Å². The second-order valence-electron chi connectivity index (χ2n) is 4.02. The molecule has 0 fully saturated rings. The molecule has 0 radical (unpaired) electrons. The van der Waals surface area contributed by atoms with Crippen LogP contribution in [0.1, 0.15) is 42.0 Å². The third-order valence-electron chi connectivity index (χ3n) is 2.93. The fourth-order valence-electron chi connectivity index (χ4n) is 1.96. The van der Waals surface area contributed by atoms with Gasteiger partial charge in [-0.05, 0) is 6.92 Å². The molecule has 2 rings (SSSR count). The number of hydrogen-bond acceptors (Lipinski definition) is 6. The second-order valence-corrected chi connectivity index (χ2v) is 4.02. The van der Waals surface area contributed by atoms with Crippen molar-refractivity contribution in [2.75, 3.05) is 12.8 Å². The van der Waals surface area contributed by atoms with Crippen LogP contribution in [0, 0.1) is 0 Å². The Hall–Kier alpha value is -2.38. The lowest BCUT2D eigenvalue weighted by Crippen LogP contribution is -2.15. The molecule has 0 bridgehead atoms. The van der Waals surface area contributed by atoms with Crippen molar-refractivity contribution in [3.8, 4) is 0 Å². The molecule has 0 spiro atoms. The molecule has 0 aliphatic heterocycles. The van der Waals surface area contributed by atoms with E-state index >= 15 is 0 Å². The highest BCUT2D eigenvalue weighted by molar-refractivity contribution is 5.92. The van der Waals surface area contributed by atoms with Gasteiger partial charge in [-0.15, -0.1) is 0 Å². The molecule has 8 heteroatoms. The fraction of sp³-hybridized carbons (Fsp3) is 0.455. The van der Waals surface area contributed by atoms with Gasteiger partial charge in [0.1, 0.15) is 23.8 Å². The summed E-state index contributed by atoms with van der Waals surface area (Å²) in [7, 11) is 1.30. The van der Waals surface area contributed by atoms with E-state index in [4.69, 9.17) is 5.73 Å². The molecule has 1 unspecified atom stereocenters. The van der Waals surface area contributed by atoms with E-state index in [0.29, 0.717) is 18.1 Å². The zero-order chi connectivity index (χ0) is 14.0. The van der Waals surface area contributed by atoms with Crippen LogP contribution in [-0.4, -0.2) is 37.8 Å². The number of esters is 1. The van der Waals surface area contributed by atoms with Gasteiger partial charge in [0.2, 0.25) is 0 Å². The summed E-state index contributed by atoms with van der Waals surface area (Å²) < 4.78 is 6.43. The maximum atomic E-state index is 11.6. The molecule has 0 aliphatic rings. The van der Waals surface area contributed by atoms with Gasteiger partial charge < -0.3 is 15.0 Å². The maximum Gasteiger partial charge on any atom is 0.360 e. The molecule has 2 aromatic heterocycles. The number of aromatic nitrogens is 5. The predicted octanol–water partition coefficient (Wildman–Crippen LogP) is 0.542. The van der Waals surface area contributed by atoms with Gasteiger partial charge in [0.05, 0.1) is 13.2 Å². The van der Waals surface area contributed by atoms with Crippen LogP contribution >= 0.6 is 0 Å². The second kappa shape index (κ2) is 5.09. The maximum absolute atomic E-state index is 11.6. The number of nitrogens with zero attached hydrogens (tertiary/aromatic N) is 4. The number of hydrogen-bond donors (Lipinski definition) is 2. The van der Waals surface area contributed by atoms with Gasteiger partial charge in [-0.1, -0.05) is 6.92 Å². The zero-order valence-corrected chi connectivity index (χ0v) is 11.0. The number of aryl methyl sites for hydroxylation is 1. The number of rotatable bonds is 4. The van der Waals surface area contributed by atoms with E-state index in [1.165, 1.54) is 13.4 Å². The minimum absolute atomic E-state index is 0.130. The van der Waals surface area contributed by atoms with E-state index in [1.54, 1.807) is 4.57 Å². The number of anilines is 1. The van der Waals surface area contributed by atoms with Crippen molar-refractivity contribution >= 4 is 11.8 Å². The first kappa shape index (κ1) is 13.1. The summed E-state index contributed by atoms with van der Waals surface area (Å²) in [6.45, 7) is 3.84. The molecule has 19 heavy (non-hydrogen) atoms. The Kier molecular flexibility index (Phi) is 3.50. The highest BCUT2D eigenvalue weighted by atomic mass is 16.5. The molecule has 2 heterocycles. The van der Waals surface area contributed by atoms with Gasteiger partial charge in [0.25, 0.3) is 0 Å². The summed E-state index contributed by atoms with van der Waals surface area (Å²) >= 11 is 0. The van der Waals surface area contributed by atoms with Crippen molar-refractivity contribution in [3.05, 3.63) is 23.7 Å². The van der Waals surface area contributed by atoms with Crippen molar-refractivity contribution in [2.24, 2.45) is 0 Å². The Morgan fingerprint density at radius 1 is 1.63 bits per heavy atom. The number of ether oxygens (including phenoxy) is 1. The Morgan fingerprint density at radius 2 is 2.37 bits per heavy atom. The van der Waals surface area contributed by atoms with Crippen molar-refractivity contribution in [2.45, 2.75) is 26.3 Å². The van der Waals surface area contributed by atoms with Gasteiger partial charge in [-0.2, -0.15) is 5.10 Å². The van der Waals surface area contributed by atoms with Gasteiger partial charge in [0.15, 0.2) is 5.69 Å². The first-order valence-electron chi connectivity index (χ1n) is 5.90. The lowest BCUT2D eigenvalue weighted by Gasteiger charge is -2.15. The molecule has 0 saturated heterocycles. The fourth-order valence-corrected chi connectivity index (χ4v) is 1.96. The third kappa shape index (κ3) is 2.16. The largest absolute Gasteiger partial charge is 0.464 e. The average molecular weight is 264 g/mol. The van der Waals surface area contributed by atoms with E-state index in [2.05, 4.69) is 24.9 Å². The van der Waals surface area contributed by atoms with E-state index in [1.807, 2.05) is 13.8 Å². The van der Waals surface area contributed by atoms with E-state index in [0.717, 1.165) is 0 Å². The van der Waals surface area contributed by atoms with E-state index < -0.39 is 5.97 Å². The first-order valence-corrected chi connectivity index (χ1v) is 5.90. The van der Waals surface area contributed by atoms with Crippen LogP contribution < -0.4 is 5.73 Å².